The summed E-state index contributed by atoms with van der Waals surface area (Å²) in [5, 5.41) is 13.9. The zero-order valence-corrected chi connectivity index (χ0v) is 11.0. The molecule has 0 aliphatic carbocycles. The van der Waals surface area contributed by atoms with E-state index < -0.39 is 4.92 Å². The van der Waals surface area contributed by atoms with Crippen molar-refractivity contribution in [2.24, 2.45) is 0 Å². The normalized spacial score (nSPS) is 10.1. The first-order valence-corrected chi connectivity index (χ1v) is 6.14. The summed E-state index contributed by atoms with van der Waals surface area (Å²) in [6.07, 6.45) is 0. The van der Waals surface area contributed by atoms with Crippen molar-refractivity contribution in [2.45, 2.75) is 6.92 Å². The van der Waals surface area contributed by atoms with Gasteiger partial charge in [0.25, 0.3) is 5.69 Å². The number of anilines is 3. The molecule has 2 aromatic rings. The number of nitro groups is 1. The lowest BCUT2D eigenvalue weighted by Gasteiger charge is -2.12. The minimum atomic E-state index is -0.476. The molecule has 0 unspecified atom stereocenters. The van der Waals surface area contributed by atoms with Gasteiger partial charge in [0.15, 0.2) is 0 Å². The van der Waals surface area contributed by atoms with Crippen molar-refractivity contribution >= 4 is 22.7 Å². The van der Waals surface area contributed by atoms with Crippen LogP contribution < -0.4 is 15.8 Å². The first-order chi connectivity index (χ1) is 9.60. The van der Waals surface area contributed by atoms with E-state index in [1.165, 1.54) is 12.1 Å². The first kappa shape index (κ1) is 13.7. The summed E-state index contributed by atoms with van der Waals surface area (Å²) in [5.41, 5.74) is 7.22. The molecule has 0 aliphatic rings. The highest BCUT2D eigenvalue weighted by molar-refractivity contribution is 5.71. The summed E-state index contributed by atoms with van der Waals surface area (Å²) >= 11 is 0. The standard InChI is InChI=1S/C14H15N3O3/c1-2-20-14-6-4-3-5-13(14)16-11-7-10(15)8-12(9-11)17(18)19/h3-9,16H,2,15H2,1H3. The van der Waals surface area contributed by atoms with E-state index in [1.54, 1.807) is 6.07 Å². The molecule has 0 saturated carbocycles. The number of nitrogen functional groups attached to an aromatic ring is 1. The molecule has 104 valence electrons. The highest BCUT2D eigenvalue weighted by atomic mass is 16.6. The van der Waals surface area contributed by atoms with Crippen molar-refractivity contribution in [3.8, 4) is 5.75 Å². The van der Waals surface area contributed by atoms with Gasteiger partial charge >= 0.3 is 0 Å². The average Bonchev–Trinajstić information content (AvgIpc) is 2.40. The fourth-order valence-electron chi connectivity index (χ4n) is 1.82. The molecule has 6 heteroatoms. The Morgan fingerprint density at radius 1 is 1.30 bits per heavy atom. The molecule has 0 aliphatic heterocycles. The molecular formula is C14H15N3O3. The van der Waals surface area contributed by atoms with Crippen molar-refractivity contribution in [1.82, 2.24) is 0 Å². The smallest absolute Gasteiger partial charge is 0.273 e. The third-order valence-electron chi connectivity index (χ3n) is 2.62. The fraction of sp³-hybridized carbons (Fsp3) is 0.143. The fourth-order valence-corrected chi connectivity index (χ4v) is 1.82. The van der Waals surface area contributed by atoms with E-state index in [-0.39, 0.29) is 5.69 Å². The van der Waals surface area contributed by atoms with Crippen LogP contribution >= 0.6 is 0 Å². The first-order valence-electron chi connectivity index (χ1n) is 6.14. The van der Waals surface area contributed by atoms with E-state index in [9.17, 15) is 10.1 Å². The number of nitrogens with zero attached hydrogens (tertiary/aromatic N) is 1. The van der Waals surface area contributed by atoms with Crippen LogP contribution in [0.15, 0.2) is 42.5 Å². The molecule has 0 spiro atoms. The van der Waals surface area contributed by atoms with E-state index in [2.05, 4.69) is 5.32 Å². The topological polar surface area (TPSA) is 90.4 Å². The molecular weight excluding hydrogens is 258 g/mol. The largest absolute Gasteiger partial charge is 0.492 e. The van der Waals surface area contributed by atoms with Gasteiger partial charge < -0.3 is 15.8 Å². The molecule has 0 atom stereocenters. The second-order valence-electron chi connectivity index (χ2n) is 4.12. The Balaban J connectivity index is 2.32. The second kappa shape index (κ2) is 5.92. The number of rotatable bonds is 5. The summed E-state index contributed by atoms with van der Waals surface area (Å²) < 4.78 is 5.49. The maximum atomic E-state index is 10.8. The Hall–Kier alpha value is -2.76. The molecule has 20 heavy (non-hydrogen) atoms. The van der Waals surface area contributed by atoms with Crippen LogP contribution in [-0.2, 0) is 0 Å². The van der Waals surface area contributed by atoms with Gasteiger partial charge in [-0.2, -0.15) is 0 Å². The van der Waals surface area contributed by atoms with Gasteiger partial charge in [0.05, 0.1) is 17.2 Å². The van der Waals surface area contributed by atoms with Crippen LogP contribution in [0.2, 0.25) is 0 Å². The predicted molar refractivity (Wildman–Crippen MR) is 78.4 cm³/mol. The van der Waals surface area contributed by atoms with Crippen LogP contribution in [-0.4, -0.2) is 11.5 Å². The lowest BCUT2D eigenvalue weighted by atomic mass is 10.2. The number of para-hydroxylation sites is 2. The van der Waals surface area contributed by atoms with E-state index in [0.29, 0.717) is 23.7 Å². The summed E-state index contributed by atoms with van der Waals surface area (Å²) in [6.45, 7) is 2.43. The minimum Gasteiger partial charge on any atom is -0.492 e. The maximum Gasteiger partial charge on any atom is 0.273 e. The number of hydrogen-bond donors (Lipinski definition) is 2. The third-order valence-corrected chi connectivity index (χ3v) is 2.62. The Kier molecular flexibility index (Phi) is 4.05. The zero-order valence-electron chi connectivity index (χ0n) is 11.0. The molecule has 2 rings (SSSR count). The monoisotopic (exact) mass is 273 g/mol. The molecule has 0 amide bonds. The molecule has 0 radical (unpaired) electrons. The number of benzene rings is 2. The van der Waals surface area contributed by atoms with Gasteiger partial charge in [0.1, 0.15) is 5.75 Å². The van der Waals surface area contributed by atoms with Crippen molar-refractivity contribution in [2.75, 3.05) is 17.7 Å². The van der Waals surface area contributed by atoms with E-state index in [1.807, 2.05) is 31.2 Å². The molecule has 2 aromatic carbocycles. The number of hydrogen-bond acceptors (Lipinski definition) is 5. The van der Waals surface area contributed by atoms with Gasteiger partial charge in [-0.25, -0.2) is 0 Å². The molecule has 0 heterocycles. The molecule has 0 fully saturated rings. The van der Waals surface area contributed by atoms with Crippen LogP contribution in [0.1, 0.15) is 6.92 Å². The molecule has 0 saturated heterocycles. The van der Waals surface area contributed by atoms with Crippen molar-refractivity contribution in [3.63, 3.8) is 0 Å². The number of ether oxygens (including phenoxy) is 1. The van der Waals surface area contributed by atoms with Crippen molar-refractivity contribution < 1.29 is 9.66 Å². The van der Waals surface area contributed by atoms with E-state index in [4.69, 9.17) is 10.5 Å². The van der Waals surface area contributed by atoms with Gasteiger partial charge in [-0.3, -0.25) is 10.1 Å². The second-order valence-corrected chi connectivity index (χ2v) is 4.12. The summed E-state index contributed by atoms with van der Waals surface area (Å²) in [7, 11) is 0. The minimum absolute atomic E-state index is 0.0543. The zero-order chi connectivity index (χ0) is 14.5. The quantitative estimate of drug-likeness (QED) is 0.495. The van der Waals surface area contributed by atoms with Crippen LogP contribution in [0, 0.1) is 10.1 Å². The van der Waals surface area contributed by atoms with Crippen LogP contribution in [0.3, 0.4) is 0 Å². The molecule has 3 N–H and O–H groups in total. The lowest BCUT2D eigenvalue weighted by Crippen LogP contribution is -1.99. The van der Waals surface area contributed by atoms with Crippen LogP contribution in [0.4, 0.5) is 22.7 Å². The Morgan fingerprint density at radius 3 is 2.75 bits per heavy atom. The van der Waals surface area contributed by atoms with E-state index in [0.717, 1.165) is 5.69 Å². The Morgan fingerprint density at radius 2 is 2.05 bits per heavy atom. The molecule has 0 bridgehead atoms. The van der Waals surface area contributed by atoms with Crippen LogP contribution in [0.25, 0.3) is 0 Å². The van der Waals surface area contributed by atoms with Gasteiger partial charge in [0.2, 0.25) is 0 Å². The average molecular weight is 273 g/mol. The predicted octanol–water partition coefficient (Wildman–Crippen LogP) is 3.32. The summed E-state index contributed by atoms with van der Waals surface area (Å²) in [4.78, 5) is 10.3. The highest BCUT2D eigenvalue weighted by Crippen LogP contribution is 2.30. The van der Waals surface area contributed by atoms with Gasteiger partial charge in [0, 0.05) is 23.5 Å². The van der Waals surface area contributed by atoms with Gasteiger partial charge in [-0.05, 0) is 25.1 Å². The molecule has 6 nitrogen and oxygen atoms in total. The number of nitro benzene ring substituents is 1. The van der Waals surface area contributed by atoms with Crippen LogP contribution in [0.5, 0.6) is 5.75 Å². The summed E-state index contributed by atoms with van der Waals surface area (Å²) in [6, 6.07) is 11.8. The van der Waals surface area contributed by atoms with Crippen molar-refractivity contribution in [3.05, 3.63) is 52.6 Å². The highest BCUT2D eigenvalue weighted by Gasteiger charge is 2.10. The maximum absolute atomic E-state index is 10.8. The Bertz CT molecular complexity index is 629. The lowest BCUT2D eigenvalue weighted by molar-refractivity contribution is -0.384. The molecule has 0 aromatic heterocycles. The third kappa shape index (κ3) is 3.17. The Labute approximate surface area is 116 Å². The van der Waals surface area contributed by atoms with Crippen molar-refractivity contribution in [1.29, 1.82) is 0 Å². The van der Waals surface area contributed by atoms with E-state index >= 15 is 0 Å². The van der Waals surface area contributed by atoms with Gasteiger partial charge in [-0.15, -0.1) is 0 Å². The number of nitrogens with one attached hydrogen (secondary N) is 1. The number of nitrogens with two attached hydrogens (primary N) is 1. The number of non-ortho nitro benzene ring substituents is 1. The van der Waals surface area contributed by atoms with Gasteiger partial charge in [-0.1, -0.05) is 12.1 Å². The summed E-state index contributed by atoms with van der Waals surface area (Å²) in [5.74, 6) is 0.681. The SMILES string of the molecule is CCOc1ccccc1Nc1cc(N)cc([N+](=O)[O-])c1.